The van der Waals surface area contributed by atoms with Crippen molar-refractivity contribution < 1.29 is 4.42 Å². The quantitative estimate of drug-likeness (QED) is 0.718. The van der Waals surface area contributed by atoms with Gasteiger partial charge in [-0.2, -0.15) is 0 Å². The molecule has 6 heteroatoms. The van der Waals surface area contributed by atoms with Crippen molar-refractivity contribution in [3.63, 3.8) is 0 Å². The highest BCUT2D eigenvalue weighted by atomic mass is 16.4. The molecule has 124 valence electrons. The van der Waals surface area contributed by atoms with Gasteiger partial charge in [0.15, 0.2) is 0 Å². The lowest BCUT2D eigenvalue weighted by Gasteiger charge is -2.18. The lowest BCUT2D eigenvalue weighted by molar-refractivity contribution is 0.491. The summed E-state index contributed by atoms with van der Waals surface area (Å²) in [6.45, 7) is 2.90. The first-order chi connectivity index (χ1) is 11.8. The van der Waals surface area contributed by atoms with E-state index in [1.54, 1.807) is 0 Å². The molecule has 4 rings (SSSR count). The van der Waals surface area contributed by atoms with Crippen molar-refractivity contribution in [2.75, 3.05) is 5.32 Å². The maximum Gasteiger partial charge on any atom is 0.315 e. The fourth-order valence-electron chi connectivity index (χ4n) is 2.85. The van der Waals surface area contributed by atoms with Crippen LogP contribution in [0.5, 0.6) is 0 Å². The Morgan fingerprint density at radius 3 is 2.79 bits per heavy atom. The second-order valence-electron chi connectivity index (χ2n) is 6.28. The lowest BCUT2D eigenvalue weighted by Crippen LogP contribution is -2.14. The molecule has 1 N–H and O–H groups in total. The third kappa shape index (κ3) is 3.32. The summed E-state index contributed by atoms with van der Waals surface area (Å²) in [4.78, 5) is 4.28. The molecule has 0 aliphatic heterocycles. The Labute approximate surface area is 140 Å². The molecule has 2 aromatic heterocycles. The number of aryl methyl sites for hydroxylation is 2. The van der Waals surface area contributed by atoms with E-state index in [2.05, 4.69) is 49.3 Å². The molecular formula is C18H21N5O. The molecule has 6 nitrogen and oxygen atoms in total. The number of nitrogens with one attached hydrogen (secondary N) is 1. The maximum atomic E-state index is 5.77. The van der Waals surface area contributed by atoms with E-state index < -0.39 is 0 Å². The highest BCUT2D eigenvalue weighted by Gasteiger charge is 2.29. The van der Waals surface area contributed by atoms with Crippen molar-refractivity contribution in [3.05, 3.63) is 60.0 Å². The van der Waals surface area contributed by atoms with Crippen LogP contribution in [0.3, 0.4) is 0 Å². The van der Waals surface area contributed by atoms with Crippen LogP contribution in [0.2, 0.25) is 0 Å². The zero-order chi connectivity index (χ0) is 16.4. The van der Waals surface area contributed by atoms with Gasteiger partial charge in [-0.3, -0.25) is 0 Å². The van der Waals surface area contributed by atoms with Crippen LogP contribution < -0.4 is 5.32 Å². The molecule has 0 unspecified atom stereocenters. The van der Waals surface area contributed by atoms with E-state index in [0.29, 0.717) is 11.9 Å². The summed E-state index contributed by atoms with van der Waals surface area (Å²) in [7, 11) is 0. The minimum Gasteiger partial charge on any atom is -0.408 e. The van der Waals surface area contributed by atoms with Crippen molar-refractivity contribution in [2.24, 2.45) is 0 Å². The van der Waals surface area contributed by atoms with E-state index in [9.17, 15) is 0 Å². The number of nitrogens with zero attached hydrogens (tertiary/aromatic N) is 4. The van der Waals surface area contributed by atoms with Crippen LogP contribution in [0.25, 0.3) is 0 Å². The average molecular weight is 323 g/mol. The predicted molar refractivity (Wildman–Crippen MR) is 90.7 cm³/mol. The molecule has 1 aliphatic rings. The summed E-state index contributed by atoms with van der Waals surface area (Å²) in [5.41, 5.74) is 1.21. The third-order valence-electron chi connectivity index (χ3n) is 4.45. The van der Waals surface area contributed by atoms with E-state index in [1.165, 1.54) is 5.56 Å². The van der Waals surface area contributed by atoms with Gasteiger partial charge in [-0.25, -0.2) is 4.98 Å². The standard InChI is InChI=1S/C18H21N5O/c1-13-19-10-12-23(13)11-9-16(14-5-3-2-4-6-14)20-18-22-21-17(24-18)15-7-8-15/h2-6,10,12,15-16H,7-9,11H2,1H3,(H,20,22)/t16-/m1/s1. The minimum atomic E-state index is 0.112. The van der Waals surface area contributed by atoms with Crippen LogP contribution in [-0.2, 0) is 6.54 Å². The van der Waals surface area contributed by atoms with E-state index in [0.717, 1.165) is 37.5 Å². The minimum absolute atomic E-state index is 0.112. The molecule has 3 aromatic rings. The van der Waals surface area contributed by atoms with Gasteiger partial charge in [0.2, 0.25) is 5.89 Å². The summed E-state index contributed by atoms with van der Waals surface area (Å²) in [6.07, 6.45) is 7.06. The smallest absolute Gasteiger partial charge is 0.315 e. The molecule has 0 amide bonds. The van der Waals surface area contributed by atoms with Crippen molar-refractivity contribution >= 4 is 6.01 Å². The van der Waals surface area contributed by atoms with E-state index in [1.807, 2.05) is 25.4 Å². The molecule has 0 saturated heterocycles. The van der Waals surface area contributed by atoms with Crippen LogP contribution in [-0.4, -0.2) is 19.7 Å². The maximum absolute atomic E-state index is 5.77. The number of hydrogen-bond donors (Lipinski definition) is 1. The monoisotopic (exact) mass is 323 g/mol. The van der Waals surface area contributed by atoms with Gasteiger partial charge in [0.25, 0.3) is 0 Å². The number of anilines is 1. The first-order valence-electron chi connectivity index (χ1n) is 8.42. The summed E-state index contributed by atoms with van der Waals surface area (Å²) < 4.78 is 7.92. The molecule has 1 aliphatic carbocycles. The van der Waals surface area contributed by atoms with E-state index in [4.69, 9.17) is 4.42 Å². The summed E-state index contributed by atoms with van der Waals surface area (Å²) in [5, 5.41) is 11.7. The fourth-order valence-corrected chi connectivity index (χ4v) is 2.85. The van der Waals surface area contributed by atoms with Crippen molar-refractivity contribution in [3.8, 4) is 0 Å². The molecule has 24 heavy (non-hydrogen) atoms. The number of benzene rings is 1. The number of hydrogen-bond acceptors (Lipinski definition) is 5. The highest BCUT2D eigenvalue weighted by Crippen LogP contribution is 2.39. The molecule has 0 radical (unpaired) electrons. The van der Waals surface area contributed by atoms with Crippen LogP contribution in [0, 0.1) is 6.92 Å². The zero-order valence-corrected chi connectivity index (χ0v) is 13.7. The zero-order valence-electron chi connectivity index (χ0n) is 13.7. The normalized spacial score (nSPS) is 15.4. The Morgan fingerprint density at radius 1 is 1.25 bits per heavy atom. The van der Waals surface area contributed by atoms with Crippen LogP contribution in [0.1, 0.15) is 48.5 Å². The lowest BCUT2D eigenvalue weighted by atomic mass is 10.0. The van der Waals surface area contributed by atoms with E-state index >= 15 is 0 Å². The number of rotatable bonds is 7. The Kier molecular flexibility index (Phi) is 4.02. The Bertz CT molecular complexity index is 791. The number of imidazole rings is 1. The summed E-state index contributed by atoms with van der Waals surface area (Å²) >= 11 is 0. The highest BCUT2D eigenvalue weighted by molar-refractivity contribution is 5.29. The Morgan fingerprint density at radius 2 is 2.08 bits per heavy atom. The first kappa shape index (κ1) is 14.9. The largest absolute Gasteiger partial charge is 0.408 e. The molecule has 0 bridgehead atoms. The van der Waals surface area contributed by atoms with Gasteiger partial charge < -0.3 is 14.3 Å². The van der Waals surface area contributed by atoms with Crippen LogP contribution >= 0.6 is 0 Å². The van der Waals surface area contributed by atoms with Crippen molar-refractivity contribution in [1.29, 1.82) is 0 Å². The fraction of sp³-hybridized carbons (Fsp3) is 0.389. The third-order valence-corrected chi connectivity index (χ3v) is 4.45. The second-order valence-corrected chi connectivity index (χ2v) is 6.28. The number of aromatic nitrogens is 4. The molecule has 0 spiro atoms. The molecule has 2 heterocycles. The molecule has 1 aromatic carbocycles. The van der Waals surface area contributed by atoms with Crippen LogP contribution in [0.15, 0.2) is 47.1 Å². The second kappa shape index (κ2) is 6.47. The summed E-state index contributed by atoms with van der Waals surface area (Å²) in [5.74, 6) is 2.25. The van der Waals surface area contributed by atoms with Gasteiger partial charge in [-0.1, -0.05) is 35.4 Å². The van der Waals surface area contributed by atoms with Crippen molar-refractivity contribution in [1.82, 2.24) is 19.7 Å². The van der Waals surface area contributed by atoms with Crippen molar-refractivity contribution in [2.45, 2.75) is 44.7 Å². The van der Waals surface area contributed by atoms with Gasteiger partial charge in [0, 0.05) is 24.9 Å². The molecule has 1 fully saturated rings. The van der Waals surface area contributed by atoms with Gasteiger partial charge in [-0.05, 0) is 31.7 Å². The Balaban J connectivity index is 1.49. The SMILES string of the molecule is Cc1nccn1CC[C@@H](Nc1nnc(C2CC2)o1)c1ccccc1. The molecule has 1 saturated carbocycles. The Hall–Kier alpha value is -2.63. The summed E-state index contributed by atoms with van der Waals surface area (Å²) in [6, 6.07) is 11.0. The van der Waals surface area contributed by atoms with Gasteiger partial charge in [0.05, 0.1) is 6.04 Å². The molecule has 1 atom stereocenters. The average Bonchev–Trinajstić information content (AvgIpc) is 3.22. The van der Waals surface area contributed by atoms with Gasteiger partial charge >= 0.3 is 6.01 Å². The van der Waals surface area contributed by atoms with Crippen LogP contribution in [0.4, 0.5) is 6.01 Å². The van der Waals surface area contributed by atoms with Gasteiger partial charge in [0.1, 0.15) is 5.82 Å². The topological polar surface area (TPSA) is 68.8 Å². The first-order valence-corrected chi connectivity index (χ1v) is 8.42. The molecular weight excluding hydrogens is 302 g/mol. The predicted octanol–water partition coefficient (Wildman–Crippen LogP) is 3.70. The van der Waals surface area contributed by atoms with Gasteiger partial charge in [-0.15, -0.1) is 5.10 Å². The van der Waals surface area contributed by atoms with E-state index in [-0.39, 0.29) is 6.04 Å².